The maximum Gasteiger partial charge on any atom is 1.00 e. The SMILES string of the molecule is CCN(CC)CCCCl.CCN(CC)CCCSc1n[nH]c(Nc2c3c(cc4c2CCC4)CCC3)n1.O=CO[O-].S=c1nc(Nc2c3c(cc4c2CCC4)CCC3)[nH][nH]1.[H-].[K+].[K+]. The van der Waals surface area contributed by atoms with Crippen molar-refractivity contribution < 1.29 is 119 Å². The summed E-state index contributed by atoms with van der Waals surface area (Å²) in [4.78, 5) is 25.0. The largest absolute Gasteiger partial charge is 1.00 e. The second kappa shape index (κ2) is 30.2. The number of carbonyl (C=O) groups excluding carboxylic acids is 1. The summed E-state index contributed by atoms with van der Waals surface area (Å²) in [6.07, 6.45) is 17.0. The minimum atomic E-state index is -0.181. The van der Waals surface area contributed by atoms with Crippen LogP contribution in [-0.4, -0.2) is 97.5 Å². The zero-order valence-corrected chi connectivity index (χ0v) is 46.1. The maximum atomic E-state index is 8.64. The molecule has 61 heavy (non-hydrogen) atoms. The van der Waals surface area contributed by atoms with Crippen molar-refractivity contribution in [2.24, 2.45) is 0 Å². The van der Waals surface area contributed by atoms with E-state index in [1.54, 1.807) is 22.9 Å². The standard InChI is InChI=1S/C21H31N5S.C14H16N4S.C7H16ClN.CH2O3.2K.H/c1-3-26(4-2)12-7-13-27-21-23-20(24-25-21)22-19-17-10-5-8-15(17)14-16-9-6-11-18(16)19;19-14-16-13(17-18-14)15-12-10-5-1-3-8(10)7-9-4-2-6-11(9)12;1-3-9(4-2)7-5-6-8;2-1-4-3;;;/h14H,3-13H2,1-2H3,(H2,22,23,24,25);7H,1-6H2,(H3,15,16,17,18,19);3-7H2,1-2H3;1,3H;;;/q;;;;2*+1;-1/p-1. The van der Waals surface area contributed by atoms with Crippen LogP contribution in [0.4, 0.5) is 23.3 Å². The number of thioether (sulfide) groups is 1. The van der Waals surface area contributed by atoms with Crippen molar-refractivity contribution in [3.63, 3.8) is 0 Å². The van der Waals surface area contributed by atoms with Gasteiger partial charge in [0, 0.05) is 23.0 Å². The minimum absolute atomic E-state index is 0. The fraction of sp³-hybridized carbons (Fsp3) is 0.605. The second-order valence-corrected chi connectivity index (χ2v) is 17.0. The molecule has 8 rings (SSSR count). The smallest absolute Gasteiger partial charge is 1.00 e. The molecule has 2 heterocycles. The number of fused-ring (bicyclic) bond motifs is 4. The number of aromatic amines is 3. The number of nitrogens with one attached hydrogen (secondary N) is 5. The molecule has 0 aliphatic heterocycles. The summed E-state index contributed by atoms with van der Waals surface area (Å²) in [6, 6.07) is 4.90. The molecule has 0 unspecified atom stereocenters. The Morgan fingerprint density at radius 3 is 1.59 bits per heavy atom. The summed E-state index contributed by atoms with van der Waals surface area (Å²) in [5, 5.41) is 29.7. The van der Waals surface area contributed by atoms with E-state index >= 15 is 0 Å². The summed E-state index contributed by atoms with van der Waals surface area (Å²) in [5.74, 6) is 3.36. The quantitative estimate of drug-likeness (QED) is 0.0153. The first-order valence-corrected chi connectivity index (χ1v) is 23.6. The molecule has 0 bridgehead atoms. The number of H-pyrrole nitrogens is 3. The number of benzene rings is 2. The van der Waals surface area contributed by atoms with Gasteiger partial charge in [0.15, 0.2) is 0 Å². The topological polar surface area (TPSA) is 166 Å². The Bertz CT molecular complexity index is 1920. The molecule has 4 aromatic rings. The van der Waals surface area contributed by atoms with Gasteiger partial charge >= 0.3 is 103 Å². The Labute approximate surface area is 463 Å². The monoisotopic (exact) mass is 946 g/mol. The molecule has 0 fully saturated rings. The molecule has 0 saturated heterocycles. The number of carbonyl (C=O) groups is 1. The minimum Gasteiger partial charge on any atom is -1.00 e. The molecular weight excluding hydrogens is 882 g/mol. The average molecular weight is 948 g/mol. The van der Waals surface area contributed by atoms with Gasteiger partial charge in [-0.25, -0.2) is 5.10 Å². The van der Waals surface area contributed by atoms with Gasteiger partial charge in [-0.3, -0.25) is 15.0 Å². The van der Waals surface area contributed by atoms with Crippen LogP contribution in [0.15, 0.2) is 17.3 Å². The molecule has 13 nitrogen and oxygen atoms in total. The number of hydrogen-bond donors (Lipinski definition) is 5. The number of rotatable bonds is 17. The van der Waals surface area contributed by atoms with Crippen LogP contribution in [-0.2, 0) is 61.0 Å². The molecule has 0 atom stereocenters. The predicted octanol–water partition coefficient (Wildman–Crippen LogP) is 2.05. The third kappa shape index (κ3) is 16.6. The third-order valence-corrected chi connectivity index (χ3v) is 13.1. The predicted molar refractivity (Wildman–Crippen MR) is 242 cm³/mol. The van der Waals surface area contributed by atoms with Gasteiger partial charge in [-0.1, -0.05) is 51.6 Å². The first-order valence-electron chi connectivity index (χ1n) is 21.7. The van der Waals surface area contributed by atoms with E-state index in [4.69, 9.17) is 33.9 Å². The molecule has 5 N–H and O–H groups in total. The Kier molecular flexibility index (Phi) is 27.3. The Morgan fingerprint density at radius 1 is 0.754 bits per heavy atom. The normalized spacial score (nSPS) is 13.8. The van der Waals surface area contributed by atoms with Gasteiger partial charge in [-0.05, 0) is 186 Å². The van der Waals surface area contributed by atoms with Crippen LogP contribution in [0.25, 0.3) is 0 Å². The molecule has 4 aliphatic carbocycles. The Balaban J connectivity index is 0.000000330. The number of aryl methyl sites for hydroxylation is 4. The molecule has 4 aliphatic rings. The van der Waals surface area contributed by atoms with Crippen molar-refractivity contribution in [2.75, 3.05) is 61.5 Å². The van der Waals surface area contributed by atoms with Gasteiger partial charge in [0.1, 0.15) is 0 Å². The van der Waals surface area contributed by atoms with Crippen molar-refractivity contribution in [3.8, 4) is 0 Å². The van der Waals surface area contributed by atoms with Crippen LogP contribution in [0.2, 0.25) is 0 Å². The van der Waals surface area contributed by atoms with Gasteiger partial charge in [0.05, 0.1) is 0 Å². The number of nitrogens with zero attached hydrogens (tertiary/aromatic N) is 5. The van der Waals surface area contributed by atoms with Crippen LogP contribution in [0.1, 0.15) is 112 Å². The van der Waals surface area contributed by atoms with Gasteiger partial charge in [0.25, 0.3) is 6.47 Å². The van der Waals surface area contributed by atoms with Gasteiger partial charge in [-0.15, -0.1) is 16.7 Å². The van der Waals surface area contributed by atoms with Crippen LogP contribution in [0, 0.1) is 4.77 Å². The number of hydrogen-bond acceptors (Lipinski definition) is 12. The zero-order valence-electron chi connectivity index (χ0n) is 38.4. The molecule has 0 saturated carbocycles. The number of aromatic nitrogens is 6. The molecule has 2 aromatic carbocycles. The molecule has 0 spiro atoms. The van der Waals surface area contributed by atoms with Crippen molar-refractivity contribution in [3.05, 3.63) is 61.4 Å². The first-order chi connectivity index (χ1) is 28.8. The van der Waals surface area contributed by atoms with Gasteiger partial charge < -0.3 is 32.0 Å². The molecule has 2 aromatic heterocycles. The Morgan fingerprint density at radius 2 is 1.20 bits per heavy atom. The summed E-state index contributed by atoms with van der Waals surface area (Å²) < 4.78 is 0.492. The molecule has 0 amide bonds. The summed E-state index contributed by atoms with van der Waals surface area (Å²) >= 11 is 12.3. The van der Waals surface area contributed by atoms with Crippen molar-refractivity contribution >= 4 is 65.3 Å². The second-order valence-electron chi connectivity index (χ2n) is 15.2. The number of alkyl halides is 1. The van der Waals surface area contributed by atoms with Gasteiger partial charge in [0.2, 0.25) is 21.8 Å². The van der Waals surface area contributed by atoms with Crippen molar-refractivity contribution in [2.45, 2.75) is 123 Å². The number of anilines is 4. The average Bonchev–Trinajstić information content (AvgIpc) is 4.12. The van der Waals surface area contributed by atoms with E-state index in [2.05, 4.69) is 95.5 Å². The van der Waals surface area contributed by atoms with E-state index in [9.17, 15) is 0 Å². The summed E-state index contributed by atoms with van der Waals surface area (Å²) in [5.41, 5.74) is 14.8. The van der Waals surface area contributed by atoms with Crippen LogP contribution >= 0.6 is 35.6 Å². The van der Waals surface area contributed by atoms with E-state index < -0.39 is 0 Å². The van der Waals surface area contributed by atoms with Gasteiger partial charge in [-0.2, -0.15) is 9.97 Å². The first kappa shape index (κ1) is 55.1. The van der Waals surface area contributed by atoms with E-state index in [1.807, 2.05) is 0 Å². The molecule has 326 valence electrons. The summed E-state index contributed by atoms with van der Waals surface area (Å²) in [6.45, 7) is 15.5. The van der Waals surface area contributed by atoms with Crippen LogP contribution < -0.4 is 119 Å². The molecular formula is C43H65ClK2N10O3S2. The number of halogens is 1. The molecule has 0 radical (unpaired) electrons. The zero-order chi connectivity index (χ0) is 42.0. The fourth-order valence-corrected chi connectivity index (χ4v) is 9.67. The third-order valence-electron chi connectivity index (χ3n) is 11.7. The van der Waals surface area contributed by atoms with E-state index in [0.717, 1.165) is 74.4 Å². The van der Waals surface area contributed by atoms with Crippen molar-refractivity contribution in [1.82, 2.24) is 40.2 Å². The van der Waals surface area contributed by atoms with E-state index in [-0.39, 0.29) is 111 Å². The fourth-order valence-electron chi connectivity index (χ4n) is 8.68. The van der Waals surface area contributed by atoms with Crippen LogP contribution in [0.3, 0.4) is 0 Å². The van der Waals surface area contributed by atoms with Crippen LogP contribution in [0.5, 0.6) is 0 Å². The van der Waals surface area contributed by atoms with Crippen molar-refractivity contribution in [1.29, 1.82) is 0 Å². The van der Waals surface area contributed by atoms with E-state index in [1.165, 1.54) is 128 Å². The Hall–Kier alpha value is -0.197. The molecule has 18 heteroatoms. The van der Waals surface area contributed by atoms with E-state index in [0.29, 0.717) is 4.77 Å². The maximum absolute atomic E-state index is 8.64. The summed E-state index contributed by atoms with van der Waals surface area (Å²) in [7, 11) is 0.